The molecule has 0 aromatic carbocycles. The van der Waals surface area contributed by atoms with Crippen LogP contribution in [0.15, 0.2) is 12.2 Å². The summed E-state index contributed by atoms with van der Waals surface area (Å²) in [6.45, 7) is 1.90. The first-order valence-electron chi connectivity index (χ1n) is 2.30. The van der Waals surface area contributed by atoms with Crippen LogP contribution < -0.4 is 5.73 Å². The minimum Gasteiger partial charge on any atom is -0.394 e. The van der Waals surface area contributed by atoms with Crippen molar-refractivity contribution in [3.05, 3.63) is 12.2 Å². The van der Waals surface area contributed by atoms with Crippen LogP contribution in [0.2, 0.25) is 0 Å². The molecule has 0 saturated carbocycles. The Morgan fingerprint density at radius 2 is 2.25 bits per heavy atom. The molecule has 0 aromatic rings. The van der Waals surface area contributed by atoms with Gasteiger partial charge in [0.15, 0.2) is 0 Å². The Bertz CT molecular complexity index is 65.4. The highest BCUT2D eigenvalue weighted by Gasteiger charge is 1.87. The van der Waals surface area contributed by atoms with Gasteiger partial charge in [-0.25, -0.2) is 0 Å². The third kappa shape index (κ3) is 5.95. The van der Waals surface area contributed by atoms with E-state index in [1.54, 1.807) is 6.08 Å². The Morgan fingerprint density at radius 1 is 1.75 bits per heavy atom. The molecule has 0 fully saturated rings. The molecular formula is C5H12ClNO. The normalized spacial score (nSPS) is 13.4. The van der Waals surface area contributed by atoms with Crippen molar-refractivity contribution in [2.45, 2.75) is 13.0 Å². The lowest BCUT2D eigenvalue weighted by Gasteiger charge is -1.95. The fraction of sp³-hybridized carbons (Fsp3) is 0.600. The fourth-order valence-corrected chi connectivity index (χ4v) is 0.308. The highest BCUT2D eigenvalue weighted by atomic mass is 35.5. The van der Waals surface area contributed by atoms with Gasteiger partial charge in [0.2, 0.25) is 0 Å². The molecule has 0 spiro atoms. The molecule has 0 saturated heterocycles. The zero-order chi connectivity index (χ0) is 5.70. The summed E-state index contributed by atoms with van der Waals surface area (Å²) in [6, 6.07) is -0.176. The maximum Gasteiger partial charge on any atom is 0.0618 e. The first-order chi connectivity index (χ1) is 3.31. The smallest absolute Gasteiger partial charge is 0.0618 e. The number of hydrogen-bond acceptors (Lipinski definition) is 2. The number of hydrogen-bond donors (Lipinski definition) is 2. The van der Waals surface area contributed by atoms with Gasteiger partial charge in [0.25, 0.3) is 0 Å². The molecule has 0 heterocycles. The van der Waals surface area contributed by atoms with Gasteiger partial charge in [0.1, 0.15) is 0 Å². The Hall–Kier alpha value is -0.0500. The fourth-order valence-electron chi connectivity index (χ4n) is 0.308. The lowest BCUT2D eigenvalue weighted by Crippen LogP contribution is -2.20. The van der Waals surface area contributed by atoms with Crippen molar-refractivity contribution in [3.8, 4) is 0 Å². The third-order valence-electron chi connectivity index (χ3n) is 0.650. The highest BCUT2D eigenvalue weighted by molar-refractivity contribution is 5.85. The third-order valence-corrected chi connectivity index (χ3v) is 0.650. The number of aliphatic hydroxyl groups excluding tert-OH is 1. The lowest BCUT2D eigenvalue weighted by molar-refractivity contribution is 0.284. The van der Waals surface area contributed by atoms with E-state index in [1.807, 2.05) is 13.0 Å². The summed E-state index contributed by atoms with van der Waals surface area (Å²) in [5.41, 5.74) is 5.25. The second kappa shape index (κ2) is 6.95. The predicted molar refractivity (Wildman–Crippen MR) is 37.1 cm³/mol. The van der Waals surface area contributed by atoms with Crippen molar-refractivity contribution in [1.29, 1.82) is 0 Å². The average molecular weight is 138 g/mol. The molecule has 0 aliphatic carbocycles. The summed E-state index contributed by atoms with van der Waals surface area (Å²) in [5, 5.41) is 8.29. The summed E-state index contributed by atoms with van der Waals surface area (Å²) >= 11 is 0. The molecule has 0 radical (unpaired) electrons. The molecule has 0 rings (SSSR count). The summed E-state index contributed by atoms with van der Waals surface area (Å²) in [5.74, 6) is 0. The monoisotopic (exact) mass is 137 g/mol. The van der Waals surface area contributed by atoms with E-state index in [0.29, 0.717) is 0 Å². The molecule has 0 bridgehead atoms. The molecule has 3 heteroatoms. The van der Waals surface area contributed by atoms with Crippen LogP contribution in [0.5, 0.6) is 0 Å². The van der Waals surface area contributed by atoms with Gasteiger partial charge in [-0.15, -0.1) is 12.4 Å². The van der Waals surface area contributed by atoms with E-state index in [9.17, 15) is 0 Å². The van der Waals surface area contributed by atoms with Crippen molar-refractivity contribution in [1.82, 2.24) is 0 Å². The van der Waals surface area contributed by atoms with Crippen LogP contribution in [0.4, 0.5) is 0 Å². The zero-order valence-corrected chi connectivity index (χ0v) is 5.69. The van der Waals surface area contributed by atoms with Crippen molar-refractivity contribution in [3.63, 3.8) is 0 Å². The van der Waals surface area contributed by atoms with E-state index < -0.39 is 0 Å². The number of halogens is 1. The Labute approximate surface area is 55.8 Å². The molecule has 0 aliphatic rings. The van der Waals surface area contributed by atoms with E-state index in [-0.39, 0.29) is 25.1 Å². The second-order valence-electron chi connectivity index (χ2n) is 1.37. The van der Waals surface area contributed by atoms with Gasteiger partial charge in [0.05, 0.1) is 6.61 Å². The standard InChI is InChI=1S/C5H11NO.ClH/c1-2-3-5(6)4-7;/h2-3,5,7H,4,6H2,1H3;1H/t5-;/m0./s1. The minimum absolute atomic E-state index is 0. The molecule has 3 N–H and O–H groups in total. The number of aliphatic hydroxyl groups is 1. The highest BCUT2D eigenvalue weighted by Crippen LogP contribution is 1.76. The van der Waals surface area contributed by atoms with Gasteiger partial charge in [-0.05, 0) is 6.92 Å². The molecule has 2 nitrogen and oxygen atoms in total. The molecule has 50 valence electrons. The topological polar surface area (TPSA) is 46.2 Å². The molecule has 0 aromatic heterocycles. The zero-order valence-electron chi connectivity index (χ0n) is 4.87. The maximum absolute atomic E-state index is 8.29. The van der Waals surface area contributed by atoms with Crippen LogP contribution in [0.25, 0.3) is 0 Å². The largest absolute Gasteiger partial charge is 0.394 e. The van der Waals surface area contributed by atoms with Gasteiger partial charge in [-0.1, -0.05) is 12.2 Å². The van der Waals surface area contributed by atoms with Gasteiger partial charge in [0, 0.05) is 6.04 Å². The van der Waals surface area contributed by atoms with E-state index >= 15 is 0 Å². The molecule has 1 atom stereocenters. The quantitative estimate of drug-likeness (QED) is 0.538. The summed E-state index contributed by atoms with van der Waals surface area (Å²) in [7, 11) is 0. The summed E-state index contributed by atoms with van der Waals surface area (Å²) < 4.78 is 0. The molecule has 0 amide bonds. The van der Waals surface area contributed by atoms with Crippen molar-refractivity contribution in [2.24, 2.45) is 5.73 Å². The van der Waals surface area contributed by atoms with E-state index in [1.165, 1.54) is 0 Å². The Kier molecular flexibility index (Phi) is 9.42. The SMILES string of the molecule is CC=C[C@H](N)CO.Cl. The predicted octanol–water partition coefficient (Wildman–Crippen LogP) is 0.304. The molecule has 0 unspecified atom stereocenters. The number of nitrogens with two attached hydrogens (primary N) is 1. The van der Waals surface area contributed by atoms with Crippen LogP contribution >= 0.6 is 12.4 Å². The maximum atomic E-state index is 8.29. The van der Waals surface area contributed by atoms with Crippen molar-refractivity contribution in [2.75, 3.05) is 6.61 Å². The van der Waals surface area contributed by atoms with Gasteiger partial charge in [-0.2, -0.15) is 0 Å². The van der Waals surface area contributed by atoms with Gasteiger partial charge < -0.3 is 10.8 Å². The van der Waals surface area contributed by atoms with Crippen LogP contribution in [-0.2, 0) is 0 Å². The second-order valence-corrected chi connectivity index (χ2v) is 1.37. The van der Waals surface area contributed by atoms with Crippen molar-refractivity contribution < 1.29 is 5.11 Å². The van der Waals surface area contributed by atoms with Gasteiger partial charge >= 0.3 is 0 Å². The number of allylic oxidation sites excluding steroid dienone is 1. The minimum atomic E-state index is -0.176. The Balaban J connectivity index is 0. The van der Waals surface area contributed by atoms with Gasteiger partial charge in [-0.3, -0.25) is 0 Å². The number of rotatable bonds is 2. The molecule has 0 aliphatic heterocycles. The van der Waals surface area contributed by atoms with Crippen LogP contribution in [0, 0.1) is 0 Å². The summed E-state index contributed by atoms with van der Waals surface area (Å²) in [4.78, 5) is 0. The first-order valence-corrected chi connectivity index (χ1v) is 2.30. The summed E-state index contributed by atoms with van der Waals surface area (Å²) in [6.07, 6.45) is 3.57. The van der Waals surface area contributed by atoms with Crippen LogP contribution in [-0.4, -0.2) is 17.8 Å². The lowest BCUT2D eigenvalue weighted by atomic mass is 10.3. The van der Waals surface area contributed by atoms with Crippen LogP contribution in [0.3, 0.4) is 0 Å². The molecule has 8 heavy (non-hydrogen) atoms. The average Bonchev–Trinajstić information content (AvgIpc) is 1.68. The van der Waals surface area contributed by atoms with Crippen LogP contribution in [0.1, 0.15) is 6.92 Å². The Morgan fingerprint density at radius 3 is 2.38 bits per heavy atom. The van der Waals surface area contributed by atoms with E-state index in [0.717, 1.165) is 0 Å². The van der Waals surface area contributed by atoms with E-state index in [4.69, 9.17) is 10.8 Å². The van der Waals surface area contributed by atoms with E-state index in [2.05, 4.69) is 0 Å². The first kappa shape index (κ1) is 10.8. The molecular weight excluding hydrogens is 126 g/mol. The van der Waals surface area contributed by atoms with Crippen molar-refractivity contribution >= 4 is 12.4 Å².